The molecule has 94 valence electrons. The van der Waals surface area contributed by atoms with Crippen LogP contribution in [0.5, 0.6) is 0 Å². The Morgan fingerprint density at radius 2 is 1.94 bits per heavy atom. The zero-order valence-electron chi connectivity index (χ0n) is 9.93. The van der Waals surface area contributed by atoms with Crippen LogP contribution in [-0.2, 0) is 13.0 Å². The fraction of sp³-hybridized carbons (Fsp3) is 0.231. The van der Waals surface area contributed by atoms with Crippen molar-refractivity contribution in [2.75, 3.05) is 6.54 Å². The van der Waals surface area contributed by atoms with Crippen LogP contribution in [0.15, 0.2) is 41.1 Å². The van der Waals surface area contributed by atoms with Gasteiger partial charge in [-0.2, -0.15) is 0 Å². The topological polar surface area (TPSA) is 81.1 Å². The molecule has 0 aliphatic carbocycles. The number of hydrogen-bond donors (Lipinski definition) is 2. The standard InChI is InChI=1S/C13H15N3O2/c14-7-5-10-1-3-11(4-2-10)9-15-13(17)12-6-8-16-18-12/h1-4,6,8H,5,7,9,14H2,(H,15,17). The summed E-state index contributed by atoms with van der Waals surface area (Å²) in [6.07, 6.45) is 2.31. The quantitative estimate of drug-likeness (QED) is 0.826. The summed E-state index contributed by atoms with van der Waals surface area (Å²) in [7, 11) is 0. The second-order valence-corrected chi connectivity index (χ2v) is 3.91. The second kappa shape index (κ2) is 5.97. The average molecular weight is 245 g/mol. The second-order valence-electron chi connectivity index (χ2n) is 3.91. The number of benzene rings is 1. The predicted molar refractivity (Wildman–Crippen MR) is 66.9 cm³/mol. The number of carbonyl (C=O) groups excluding carboxylic acids is 1. The molecule has 1 heterocycles. The Kier molecular flexibility index (Phi) is 4.09. The fourth-order valence-corrected chi connectivity index (χ4v) is 1.59. The van der Waals surface area contributed by atoms with Crippen molar-refractivity contribution in [3.63, 3.8) is 0 Å². The molecule has 3 N–H and O–H groups in total. The van der Waals surface area contributed by atoms with Crippen LogP contribution in [0, 0.1) is 0 Å². The third kappa shape index (κ3) is 3.18. The molecule has 0 spiro atoms. The number of nitrogens with two attached hydrogens (primary N) is 1. The monoisotopic (exact) mass is 245 g/mol. The van der Waals surface area contributed by atoms with Crippen molar-refractivity contribution in [3.8, 4) is 0 Å². The Balaban J connectivity index is 1.88. The number of nitrogens with one attached hydrogen (secondary N) is 1. The van der Waals surface area contributed by atoms with Gasteiger partial charge >= 0.3 is 0 Å². The van der Waals surface area contributed by atoms with E-state index in [-0.39, 0.29) is 11.7 Å². The molecular weight excluding hydrogens is 230 g/mol. The number of rotatable bonds is 5. The third-order valence-corrected chi connectivity index (χ3v) is 2.57. The lowest BCUT2D eigenvalue weighted by molar-refractivity contribution is 0.0914. The van der Waals surface area contributed by atoms with Crippen LogP contribution in [0.4, 0.5) is 0 Å². The molecule has 1 aromatic carbocycles. The van der Waals surface area contributed by atoms with Crippen molar-refractivity contribution in [1.29, 1.82) is 0 Å². The minimum atomic E-state index is -0.265. The van der Waals surface area contributed by atoms with E-state index in [2.05, 4.69) is 10.5 Å². The van der Waals surface area contributed by atoms with Gasteiger partial charge in [0.25, 0.3) is 5.91 Å². The maximum atomic E-state index is 11.6. The van der Waals surface area contributed by atoms with Gasteiger partial charge < -0.3 is 15.6 Å². The van der Waals surface area contributed by atoms with E-state index >= 15 is 0 Å². The molecular formula is C13H15N3O2. The van der Waals surface area contributed by atoms with Crippen molar-refractivity contribution in [1.82, 2.24) is 10.5 Å². The highest BCUT2D eigenvalue weighted by Crippen LogP contribution is 2.05. The van der Waals surface area contributed by atoms with Crippen LogP contribution in [0.25, 0.3) is 0 Å². The van der Waals surface area contributed by atoms with E-state index in [9.17, 15) is 4.79 Å². The highest BCUT2D eigenvalue weighted by atomic mass is 16.5. The first-order chi connectivity index (χ1) is 8.79. The summed E-state index contributed by atoms with van der Waals surface area (Å²) < 4.78 is 4.76. The maximum absolute atomic E-state index is 11.6. The third-order valence-electron chi connectivity index (χ3n) is 2.57. The first kappa shape index (κ1) is 12.3. The number of aromatic nitrogens is 1. The Bertz CT molecular complexity index is 491. The molecule has 0 radical (unpaired) electrons. The van der Waals surface area contributed by atoms with Gasteiger partial charge in [0.2, 0.25) is 5.76 Å². The number of nitrogens with zero attached hydrogens (tertiary/aromatic N) is 1. The smallest absolute Gasteiger partial charge is 0.290 e. The van der Waals surface area contributed by atoms with E-state index in [0.717, 1.165) is 12.0 Å². The van der Waals surface area contributed by atoms with E-state index < -0.39 is 0 Å². The summed E-state index contributed by atoms with van der Waals surface area (Å²) in [5.74, 6) is -0.0479. The van der Waals surface area contributed by atoms with Gasteiger partial charge in [0, 0.05) is 12.6 Å². The Morgan fingerprint density at radius 3 is 2.56 bits per heavy atom. The predicted octanol–water partition coefficient (Wildman–Crippen LogP) is 1.11. The molecule has 0 unspecified atom stereocenters. The summed E-state index contributed by atoms with van der Waals surface area (Å²) in [5, 5.41) is 6.24. The van der Waals surface area contributed by atoms with Crippen LogP contribution in [0.3, 0.4) is 0 Å². The minimum absolute atomic E-state index is 0.217. The summed E-state index contributed by atoms with van der Waals surface area (Å²) in [6, 6.07) is 9.52. The largest absolute Gasteiger partial charge is 0.351 e. The van der Waals surface area contributed by atoms with Gasteiger partial charge in [-0.25, -0.2) is 0 Å². The summed E-state index contributed by atoms with van der Waals surface area (Å²) in [5.41, 5.74) is 7.71. The van der Waals surface area contributed by atoms with Gasteiger partial charge in [0.1, 0.15) is 0 Å². The van der Waals surface area contributed by atoms with Crippen LogP contribution in [0.2, 0.25) is 0 Å². The van der Waals surface area contributed by atoms with Crippen molar-refractivity contribution in [2.45, 2.75) is 13.0 Å². The Morgan fingerprint density at radius 1 is 1.22 bits per heavy atom. The highest BCUT2D eigenvalue weighted by Gasteiger charge is 2.08. The Labute approximate surface area is 105 Å². The molecule has 5 nitrogen and oxygen atoms in total. The molecule has 0 atom stereocenters. The van der Waals surface area contributed by atoms with E-state index in [1.54, 1.807) is 0 Å². The summed E-state index contributed by atoms with van der Waals surface area (Å²) in [6.45, 7) is 1.10. The van der Waals surface area contributed by atoms with Gasteiger partial charge in [-0.1, -0.05) is 29.4 Å². The van der Waals surface area contributed by atoms with Gasteiger partial charge in [-0.3, -0.25) is 4.79 Å². The van der Waals surface area contributed by atoms with E-state index in [0.29, 0.717) is 13.1 Å². The van der Waals surface area contributed by atoms with Crippen molar-refractivity contribution >= 4 is 5.91 Å². The molecule has 0 bridgehead atoms. The molecule has 0 saturated carbocycles. The van der Waals surface area contributed by atoms with Crippen molar-refractivity contribution in [3.05, 3.63) is 53.4 Å². The van der Waals surface area contributed by atoms with Gasteiger partial charge in [-0.05, 0) is 24.1 Å². The molecule has 0 aliphatic rings. The lowest BCUT2D eigenvalue weighted by Crippen LogP contribution is -2.22. The lowest BCUT2D eigenvalue weighted by atomic mass is 10.1. The molecule has 5 heteroatoms. The zero-order chi connectivity index (χ0) is 12.8. The van der Waals surface area contributed by atoms with Crippen molar-refractivity contribution < 1.29 is 9.32 Å². The molecule has 0 fully saturated rings. The maximum Gasteiger partial charge on any atom is 0.290 e. The molecule has 2 rings (SSSR count). The first-order valence-electron chi connectivity index (χ1n) is 5.76. The number of amides is 1. The molecule has 0 aliphatic heterocycles. The molecule has 0 saturated heterocycles. The van der Waals surface area contributed by atoms with E-state index in [4.69, 9.17) is 10.3 Å². The van der Waals surface area contributed by atoms with E-state index in [1.165, 1.54) is 17.8 Å². The highest BCUT2D eigenvalue weighted by molar-refractivity contribution is 5.91. The summed E-state index contributed by atoms with van der Waals surface area (Å²) in [4.78, 5) is 11.6. The van der Waals surface area contributed by atoms with Gasteiger partial charge in [0.05, 0.1) is 6.20 Å². The van der Waals surface area contributed by atoms with Gasteiger partial charge in [-0.15, -0.1) is 0 Å². The van der Waals surface area contributed by atoms with Gasteiger partial charge in [0.15, 0.2) is 0 Å². The molecule has 18 heavy (non-hydrogen) atoms. The number of hydrogen-bond acceptors (Lipinski definition) is 4. The fourth-order valence-electron chi connectivity index (χ4n) is 1.59. The minimum Gasteiger partial charge on any atom is -0.351 e. The van der Waals surface area contributed by atoms with Crippen LogP contribution >= 0.6 is 0 Å². The SMILES string of the molecule is NCCc1ccc(CNC(=O)c2ccno2)cc1. The average Bonchev–Trinajstić information content (AvgIpc) is 2.92. The van der Waals surface area contributed by atoms with Crippen LogP contribution in [-0.4, -0.2) is 17.6 Å². The first-order valence-corrected chi connectivity index (χ1v) is 5.76. The summed E-state index contributed by atoms with van der Waals surface area (Å²) >= 11 is 0. The van der Waals surface area contributed by atoms with Crippen LogP contribution in [0.1, 0.15) is 21.7 Å². The lowest BCUT2D eigenvalue weighted by Gasteiger charge is -2.04. The Hall–Kier alpha value is -2.14. The van der Waals surface area contributed by atoms with E-state index in [1.807, 2.05) is 24.3 Å². The normalized spacial score (nSPS) is 10.3. The number of carbonyl (C=O) groups is 1. The van der Waals surface area contributed by atoms with Crippen molar-refractivity contribution in [2.24, 2.45) is 5.73 Å². The zero-order valence-corrected chi connectivity index (χ0v) is 9.93. The molecule has 1 aromatic heterocycles. The molecule has 2 aromatic rings. The molecule has 1 amide bonds. The van der Waals surface area contributed by atoms with Crippen LogP contribution < -0.4 is 11.1 Å².